The lowest BCUT2D eigenvalue weighted by Crippen LogP contribution is -2.56. The van der Waals surface area contributed by atoms with Gasteiger partial charge in [-0.15, -0.1) is 0 Å². The normalized spacial score (nSPS) is 32.2. The Labute approximate surface area is 267 Å². The van der Waals surface area contributed by atoms with Crippen molar-refractivity contribution in [2.75, 3.05) is 39.4 Å². The first-order valence-corrected chi connectivity index (χ1v) is 17.6. The molecular formula is C33H52N8O4. The molecule has 1 amide bonds. The quantitative estimate of drug-likeness (QED) is 0.0753. The number of hydrogen-bond donors (Lipinski definition) is 1. The lowest BCUT2D eigenvalue weighted by atomic mass is 9.69. The smallest absolute Gasteiger partial charge is 0.254 e. The summed E-state index contributed by atoms with van der Waals surface area (Å²) in [5.41, 5.74) is 19.5. The first-order chi connectivity index (χ1) is 22.1. The van der Waals surface area contributed by atoms with Crippen LogP contribution in [0.4, 0.5) is 0 Å². The Hall–Kier alpha value is -2.78. The number of aliphatic hydroxyl groups is 1. The first-order valence-electron chi connectivity index (χ1n) is 17.6. The van der Waals surface area contributed by atoms with Crippen LogP contribution in [0.15, 0.2) is 26.4 Å². The highest BCUT2D eigenvalue weighted by Gasteiger charge is 2.57. The summed E-state index contributed by atoms with van der Waals surface area (Å²) in [6.07, 6.45) is 15.5. The number of hydrogen-bond acceptors (Lipinski definition) is 7. The highest BCUT2D eigenvalue weighted by molar-refractivity contribution is 5.95. The molecule has 2 unspecified atom stereocenters. The fraction of sp³-hybridized carbons (Fsp3) is 0.879. The molecule has 0 bridgehead atoms. The summed E-state index contributed by atoms with van der Waals surface area (Å²) < 4.78 is 13.0. The molecule has 2 saturated carbocycles. The van der Waals surface area contributed by atoms with E-state index in [4.69, 9.17) is 25.1 Å². The van der Waals surface area contributed by atoms with Gasteiger partial charge in [0.15, 0.2) is 17.5 Å². The minimum atomic E-state index is -1.08. The molecule has 2 aliphatic heterocycles. The van der Waals surface area contributed by atoms with E-state index in [-0.39, 0.29) is 36.4 Å². The van der Waals surface area contributed by atoms with Crippen LogP contribution in [-0.4, -0.2) is 79.0 Å². The molecule has 0 aromatic heterocycles. The average Bonchev–Trinajstić information content (AvgIpc) is 3.47. The van der Waals surface area contributed by atoms with Gasteiger partial charge in [-0.2, -0.15) is 0 Å². The molecule has 5 aliphatic rings. The molecule has 2 heterocycles. The molecule has 5 rings (SSSR count). The Morgan fingerprint density at radius 2 is 1.69 bits per heavy atom. The Morgan fingerprint density at radius 3 is 2.42 bits per heavy atom. The standard InChI is InChI=1S/C33H52N8O4/c34-39-36-22-26-10-3-2-9-25(26)21-33(32(43)41-17-6-1-7-18-41)30(29-12-5-4-11-27(29)23-37-40-35)45-31(38-33)24-13-15-28(16-14-24)44-20-8-19-42/h24-26,28,30,42H,1-23H2/t24?,25?,26?,28?,30-,33-/m1/s1. The van der Waals surface area contributed by atoms with E-state index in [2.05, 4.69) is 20.1 Å². The van der Waals surface area contributed by atoms with Crippen molar-refractivity contribution in [2.45, 2.75) is 127 Å². The van der Waals surface area contributed by atoms with Crippen LogP contribution in [0.5, 0.6) is 0 Å². The first kappa shape index (κ1) is 33.6. The Kier molecular flexibility index (Phi) is 12.4. The van der Waals surface area contributed by atoms with Gasteiger partial charge < -0.3 is 19.5 Å². The summed E-state index contributed by atoms with van der Waals surface area (Å²) in [6, 6.07) is 0. The zero-order valence-electron chi connectivity index (χ0n) is 26.9. The van der Waals surface area contributed by atoms with Crippen molar-refractivity contribution in [3.8, 4) is 0 Å². The van der Waals surface area contributed by atoms with Gasteiger partial charge in [-0.05, 0) is 112 Å². The van der Waals surface area contributed by atoms with Gasteiger partial charge in [-0.1, -0.05) is 41.5 Å². The number of amides is 1. The number of rotatable bonds is 13. The molecule has 3 aliphatic carbocycles. The van der Waals surface area contributed by atoms with E-state index in [1.807, 2.05) is 4.90 Å². The van der Waals surface area contributed by atoms with Gasteiger partial charge in [0.05, 0.1) is 6.10 Å². The van der Waals surface area contributed by atoms with Crippen molar-refractivity contribution in [2.24, 2.45) is 33.0 Å². The number of carbonyl (C=O) groups is 1. The monoisotopic (exact) mass is 624 g/mol. The van der Waals surface area contributed by atoms with Crippen LogP contribution in [0, 0.1) is 17.8 Å². The second kappa shape index (κ2) is 16.7. The maximum Gasteiger partial charge on any atom is 0.254 e. The Balaban J connectivity index is 1.53. The molecule has 1 saturated heterocycles. The van der Waals surface area contributed by atoms with Crippen molar-refractivity contribution >= 4 is 11.8 Å². The zero-order chi connectivity index (χ0) is 31.5. The lowest BCUT2D eigenvalue weighted by molar-refractivity contribution is -0.141. The number of likely N-dealkylation sites (tertiary alicyclic amines) is 1. The van der Waals surface area contributed by atoms with Crippen molar-refractivity contribution in [1.82, 2.24) is 4.90 Å². The molecular weight excluding hydrogens is 572 g/mol. The summed E-state index contributed by atoms with van der Waals surface area (Å²) in [7, 11) is 0. The number of azide groups is 2. The van der Waals surface area contributed by atoms with Crippen molar-refractivity contribution < 1.29 is 19.4 Å². The summed E-state index contributed by atoms with van der Waals surface area (Å²) in [4.78, 5) is 28.7. The molecule has 3 fully saturated rings. The molecule has 4 atom stereocenters. The number of ether oxygens (including phenoxy) is 2. The van der Waals surface area contributed by atoms with Gasteiger partial charge >= 0.3 is 0 Å². The van der Waals surface area contributed by atoms with Crippen LogP contribution < -0.4 is 0 Å². The van der Waals surface area contributed by atoms with Crippen LogP contribution in [0.2, 0.25) is 0 Å². The Bertz CT molecular complexity index is 1170. The van der Waals surface area contributed by atoms with Crippen LogP contribution >= 0.6 is 0 Å². The number of aliphatic hydroxyl groups excluding tert-OH is 1. The summed E-state index contributed by atoms with van der Waals surface area (Å²) in [6.45, 7) is 2.93. The molecule has 1 N–H and O–H groups in total. The van der Waals surface area contributed by atoms with Crippen molar-refractivity contribution in [1.29, 1.82) is 0 Å². The minimum Gasteiger partial charge on any atom is -0.470 e. The third-order valence-corrected chi connectivity index (χ3v) is 11.0. The highest BCUT2D eigenvalue weighted by Crippen LogP contribution is 2.48. The summed E-state index contributed by atoms with van der Waals surface area (Å²) in [5, 5.41) is 17.1. The summed E-state index contributed by atoms with van der Waals surface area (Å²) in [5.74, 6) is 1.33. The second-order valence-electron chi connectivity index (χ2n) is 13.8. The van der Waals surface area contributed by atoms with E-state index in [9.17, 15) is 5.53 Å². The van der Waals surface area contributed by atoms with Gasteiger partial charge in [-0.3, -0.25) is 4.79 Å². The molecule has 12 nitrogen and oxygen atoms in total. The minimum absolute atomic E-state index is 0.0811. The average molecular weight is 625 g/mol. The van der Waals surface area contributed by atoms with Gasteiger partial charge in [0.2, 0.25) is 0 Å². The number of carbonyl (C=O) groups excluding carboxylic acids is 1. The van der Waals surface area contributed by atoms with E-state index in [0.717, 1.165) is 121 Å². The van der Waals surface area contributed by atoms with E-state index in [1.165, 1.54) is 0 Å². The molecule has 0 spiro atoms. The van der Waals surface area contributed by atoms with E-state index in [1.54, 1.807) is 0 Å². The van der Waals surface area contributed by atoms with Crippen LogP contribution in [0.25, 0.3) is 20.9 Å². The third-order valence-electron chi connectivity index (χ3n) is 11.0. The topological polar surface area (TPSA) is 169 Å². The van der Waals surface area contributed by atoms with E-state index >= 15 is 4.79 Å². The van der Waals surface area contributed by atoms with Crippen molar-refractivity contribution in [3.63, 3.8) is 0 Å². The fourth-order valence-electron chi connectivity index (χ4n) is 8.55. The molecule has 45 heavy (non-hydrogen) atoms. The maximum absolute atomic E-state index is 15.0. The van der Waals surface area contributed by atoms with Gasteiger partial charge in [0.25, 0.3) is 5.91 Å². The second-order valence-corrected chi connectivity index (χ2v) is 13.8. The van der Waals surface area contributed by atoms with Gasteiger partial charge in [0.1, 0.15) is 0 Å². The predicted molar refractivity (Wildman–Crippen MR) is 172 cm³/mol. The number of piperidine rings is 1. The molecule has 0 aromatic carbocycles. The molecule has 12 heteroatoms. The maximum atomic E-state index is 15.0. The highest BCUT2D eigenvalue weighted by atomic mass is 16.5. The van der Waals surface area contributed by atoms with Crippen LogP contribution in [-0.2, 0) is 14.3 Å². The number of nitrogens with zero attached hydrogens (tertiary/aromatic N) is 8. The van der Waals surface area contributed by atoms with E-state index in [0.29, 0.717) is 38.4 Å². The van der Waals surface area contributed by atoms with Crippen LogP contribution in [0.3, 0.4) is 0 Å². The predicted octanol–water partition coefficient (Wildman–Crippen LogP) is 7.18. The zero-order valence-corrected chi connectivity index (χ0v) is 26.9. The van der Waals surface area contributed by atoms with E-state index < -0.39 is 11.6 Å². The molecule has 248 valence electrons. The van der Waals surface area contributed by atoms with Gasteiger partial charge in [0, 0.05) is 55.1 Å². The lowest BCUT2D eigenvalue weighted by Gasteiger charge is -2.42. The SMILES string of the molecule is [N-]=[N+]=NCC1=C([C@H]2OC(C3CCC(OCCCO)CC3)=N[C@@]2(CC2CCCCC2CN=[N+]=[N-])C(=O)N2CCCCC2)CCCC1. The molecule has 0 radical (unpaired) electrons. The third kappa shape index (κ3) is 8.15. The molecule has 0 aromatic rings. The Morgan fingerprint density at radius 1 is 0.956 bits per heavy atom. The number of aliphatic imine (C=N–C) groups is 1. The van der Waals surface area contributed by atoms with Crippen LogP contribution in [0.1, 0.15) is 109 Å². The largest absolute Gasteiger partial charge is 0.470 e. The van der Waals surface area contributed by atoms with Gasteiger partial charge in [-0.25, -0.2) is 4.99 Å². The summed E-state index contributed by atoms with van der Waals surface area (Å²) >= 11 is 0. The fourth-order valence-corrected chi connectivity index (χ4v) is 8.55. The van der Waals surface area contributed by atoms with Crippen molar-refractivity contribution in [3.05, 3.63) is 32.0 Å².